The Morgan fingerprint density at radius 1 is 1.44 bits per heavy atom. The molecule has 10 heteroatoms. The first-order valence-electron chi connectivity index (χ1n) is 8.87. The Labute approximate surface area is 179 Å². The summed E-state index contributed by atoms with van der Waals surface area (Å²) in [5.74, 6) is 0.416. The SMILES string of the molecule is CCNC(=NCC(c1cccs1)N1CCOC(C)C1)NCCC(F)(F)F.I. The van der Waals surface area contributed by atoms with E-state index in [9.17, 15) is 13.2 Å². The predicted molar refractivity (Wildman–Crippen MR) is 114 cm³/mol. The zero-order valence-corrected chi connectivity index (χ0v) is 18.7. The molecule has 1 saturated heterocycles. The van der Waals surface area contributed by atoms with Crippen molar-refractivity contribution in [1.29, 1.82) is 0 Å². The Hall–Kier alpha value is -0.590. The molecule has 0 aliphatic carbocycles. The normalized spacial score (nSPS) is 20.0. The van der Waals surface area contributed by atoms with Crippen LogP contribution in [0.2, 0.25) is 0 Å². The first-order valence-corrected chi connectivity index (χ1v) is 9.75. The van der Waals surface area contributed by atoms with Crippen molar-refractivity contribution >= 4 is 41.3 Å². The van der Waals surface area contributed by atoms with E-state index in [1.54, 1.807) is 11.3 Å². The maximum atomic E-state index is 12.4. The average Bonchev–Trinajstić information content (AvgIpc) is 3.08. The Balaban J connectivity index is 0.00000364. The highest BCUT2D eigenvalue weighted by Gasteiger charge is 2.27. The molecule has 0 spiro atoms. The third-order valence-corrected chi connectivity index (χ3v) is 5.03. The fourth-order valence-corrected chi connectivity index (χ4v) is 3.69. The summed E-state index contributed by atoms with van der Waals surface area (Å²) < 4.78 is 42.7. The number of hydrogen-bond donors (Lipinski definition) is 2. The van der Waals surface area contributed by atoms with Gasteiger partial charge in [-0.2, -0.15) is 13.2 Å². The van der Waals surface area contributed by atoms with Crippen molar-refractivity contribution in [3.63, 3.8) is 0 Å². The van der Waals surface area contributed by atoms with Gasteiger partial charge in [0.1, 0.15) is 0 Å². The molecule has 1 aliphatic rings. The summed E-state index contributed by atoms with van der Waals surface area (Å²) in [6.07, 6.45) is -4.89. The Kier molecular flexibility index (Phi) is 10.9. The van der Waals surface area contributed by atoms with Crippen LogP contribution in [0.5, 0.6) is 0 Å². The first-order chi connectivity index (χ1) is 12.4. The van der Waals surface area contributed by atoms with Crippen molar-refractivity contribution in [1.82, 2.24) is 15.5 Å². The van der Waals surface area contributed by atoms with Crippen LogP contribution in [0.25, 0.3) is 0 Å². The van der Waals surface area contributed by atoms with Crippen LogP contribution in [0.3, 0.4) is 0 Å². The van der Waals surface area contributed by atoms with Gasteiger partial charge in [0, 0.05) is 31.1 Å². The molecule has 0 saturated carbocycles. The van der Waals surface area contributed by atoms with Crippen molar-refractivity contribution in [2.24, 2.45) is 4.99 Å². The lowest BCUT2D eigenvalue weighted by Crippen LogP contribution is -2.44. The van der Waals surface area contributed by atoms with Crippen LogP contribution in [0, 0.1) is 0 Å². The number of alkyl halides is 3. The largest absolute Gasteiger partial charge is 0.390 e. The van der Waals surface area contributed by atoms with Crippen LogP contribution >= 0.6 is 35.3 Å². The Bertz CT molecular complexity index is 557. The summed E-state index contributed by atoms with van der Waals surface area (Å²) in [6.45, 7) is 7.14. The lowest BCUT2D eigenvalue weighted by Gasteiger charge is -2.36. The van der Waals surface area contributed by atoms with Crippen LogP contribution in [0.15, 0.2) is 22.5 Å². The van der Waals surface area contributed by atoms with Gasteiger partial charge >= 0.3 is 6.18 Å². The molecule has 5 nitrogen and oxygen atoms in total. The fourth-order valence-electron chi connectivity index (χ4n) is 2.84. The van der Waals surface area contributed by atoms with E-state index in [1.165, 1.54) is 4.88 Å². The molecule has 0 amide bonds. The van der Waals surface area contributed by atoms with Crippen molar-refractivity contribution in [2.75, 3.05) is 39.3 Å². The summed E-state index contributed by atoms with van der Waals surface area (Å²) in [4.78, 5) is 8.08. The number of aliphatic imine (C=N–C) groups is 1. The number of guanidine groups is 1. The molecule has 0 aromatic carbocycles. The first kappa shape index (κ1) is 24.4. The lowest BCUT2D eigenvalue weighted by molar-refractivity contribution is -0.132. The zero-order valence-electron chi connectivity index (χ0n) is 15.6. The third kappa shape index (κ3) is 8.97. The summed E-state index contributed by atoms with van der Waals surface area (Å²) in [5, 5.41) is 7.81. The number of rotatable bonds is 7. The van der Waals surface area contributed by atoms with Crippen LogP contribution in [0.4, 0.5) is 13.2 Å². The smallest absolute Gasteiger partial charge is 0.376 e. The number of nitrogens with zero attached hydrogens (tertiary/aromatic N) is 2. The number of thiophene rings is 1. The summed E-state index contributed by atoms with van der Waals surface area (Å²) in [7, 11) is 0. The van der Waals surface area contributed by atoms with Gasteiger partial charge in [0.05, 0.1) is 31.7 Å². The zero-order chi connectivity index (χ0) is 19.0. The highest BCUT2D eigenvalue weighted by atomic mass is 127. The molecule has 1 aliphatic heterocycles. The van der Waals surface area contributed by atoms with Crippen molar-refractivity contribution in [2.45, 2.75) is 38.6 Å². The van der Waals surface area contributed by atoms with Crippen LogP contribution < -0.4 is 10.6 Å². The molecule has 1 fully saturated rings. The molecule has 0 bridgehead atoms. The molecule has 1 aromatic heterocycles. The number of halogens is 4. The van der Waals surface area contributed by atoms with Crippen LogP contribution in [0.1, 0.15) is 31.2 Å². The molecule has 156 valence electrons. The molecule has 2 rings (SSSR count). The molecular formula is C17H28F3IN4OS. The lowest BCUT2D eigenvalue weighted by atomic mass is 10.1. The molecule has 27 heavy (non-hydrogen) atoms. The number of morpholine rings is 1. The van der Waals surface area contributed by atoms with Gasteiger partial charge < -0.3 is 15.4 Å². The van der Waals surface area contributed by atoms with Gasteiger partial charge in [-0.05, 0) is 25.3 Å². The minimum atomic E-state index is -4.17. The minimum absolute atomic E-state index is 0. The monoisotopic (exact) mass is 520 g/mol. The Morgan fingerprint density at radius 2 is 2.22 bits per heavy atom. The number of ether oxygens (including phenoxy) is 1. The van der Waals surface area contributed by atoms with E-state index in [-0.39, 0.29) is 42.7 Å². The quantitative estimate of drug-likeness (QED) is 0.328. The molecule has 2 atom stereocenters. The summed E-state index contributed by atoms with van der Waals surface area (Å²) in [5.41, 5.74) is 0. The summed E-state index contributed by atoms with van der Waals surface area (Å²) >= 11 is 1.67. The average molecular weight is 520 g/mol. The van der Waals surface area contributed by atoms with Crippen LogP contribution in [-0.2, 0) is 4.74 Å². The van der Waals surface area contributed by atoms with Gasteiger partial charge in [0.15, 0.2) is 5.96 Å². The summed E-state index contributed by atoms with van der Waals surface area (Å²) in [6, 6.07) is 4.18. The van der Waals surface area contributed by atoms with Crippen molar-refractivity contribution in [3.8, 4) is 0 Å². The molecular weight excluding hydrogens is 492 g/mol. The third-order valence-electron chi connectivity index (χ3n) is 4.05. The molecule has 2 N–H and O–H groups in total. The highest BCUT2D eigenvalue weighted by molar-refractivity contribution is 14.0. The second-order valence-electron chi connectivity index (χ2n) is 6.22. The van der Waals surface area contributed by atoms with E-state index in [4.69, 9.17) is 4.74 Å². The number of nitrogens with one attached hydrogen (secondary N) is 2. The maximum Gasteiger partial charge on any atom is 0.390 e. The van der Waals surface area contributed by atoms with Gasteiger partial charge in [-0.1, -0.05) is 6.07 Å². The van der Waals surface area contributed by atoms with Gasteiger partial charge in [0.25, 0.3) is 0 Å². The van der Waals surface area contributed by atoms with Gasteiger partial charge in [-0.15, -0.1) is 35.3 Å². The number of hydrogen-bond acceptors (Lipinski definition) is 4. The van der Waals surface area contributed by atoms with E-state index in [0.717, 1.165) is 13.1 Å². The molecule has 2 heterocycles. The van der Waals surface area contributed by atoms with Crippen LogP contribution in [-0.4, -0.2) is 62.5 Å². The van der Waals surface area contributed by atoms with E-state index in [2.05, 4.69) is 26.6 Å². The Morgan fingerprint density at radius 3 is 2.81 bits per heavy atom. The molecule has 2 unspecified atom stereocenters. The molecule has 0 radical (unpaired) electrons. The topological polar surface area (TPSA) is 48.9 Å². The van der Waals surface area contributed by atoms with Gasteiger partial charge in [-0.3, -0.25) is 9.89 Å². The van der Waals surface area contributed by atoms with E-state index in [1.807, 2.05) is 25.3 Å². The minimum Gasteiger partial charge on any atom is -0.376 e. The second-order valence-corrected chi connectivity index (χ2v) is 7.20. The van der Waals surface area contributed by atoms with Gasteiger partial charge in [-0.25, -0.2) is 0 Å². The van der Waals surface area contributed by atoms with Gasteiger partial charge in [0.2, 0.25) is 0 Å². The second kappa shape index (κ2) is 12.1. The van der Waals surface area contributed by atoms with Crippen molar-refractivity contribution in [3.05, 3.63) is 22.4 Å². The van der Waals surface area contributed by atoms with Crippen molar-refractivity contribution < 1.29 is 17.9 Å². The van der Waals surface area contributed by atoms with E-state index in [0.29, 0.717) is 25.7 Å². The van der Waals surface area contributed by atoms with E-state index >= 15 is 0 Å². The standard InChI is InChI=1S/C17H27F3N4OS.HI/c1-3-21-16(22-7-6-17(18,19)20)23-11-14(15-5-4-10-26-15)24-8-9-25-13(2)12-24;/h4-5,10,13-14H,3,6-9,11-12H2,1-2H3,(H2,21,22,23);1H. The predicted octanol–water partition coefficient (Wildman–Crippen LogP) is 3.64. The maximum absolute atomic E-state index is 12.4. The molecule has 1 aromatic rings. The highest BCUT2D eigenvalue weighted by Crippen LogP contribution is 2.27. The fraction of sp³-hybridized carbons (Fsp3) is 0.706. The van der Waals surface area contributed by atoms with E-state index < -0.39 is 12.6 Å².